The molecule has 0 aliphatic carbocycles. The van der Waals surface area contributed by atoms with E-state index in [0.717, 1.165) is 23.0 Å². The predicted molar refractivity (Wildman–Crippen MR) is 110 cm³/mol. The Bertz CT molecular complexity index is 1110. The molecule has 2 aromatic carbocycles. The summed E-state index contributed by atoms with van der Waals surface area (Å²) in [7, 11) is -2.33. The minimum absolute atomic E-state index is 0.0397. The lowest BCUT2D eigenvalue weighted by Gasteiger charge is -2.18. The summed E-state index contributed by atoms with van der Waals surface area (Å²) >= 11 is 0. The van der Waals surface area contributed by atoms with Crippen molar-refractivity contribution in [3.63, 3.8) is 0 Å². The molecule has 0 amide bonds. The summed E-state index contributed by atoms with van der Waals surface area (Å²) in [5.41, 5.74) is 3.00. The highest BCUT2D eigenvalue weighted by molar-refractivity contribution is 7.89. The van der Waals surface area contributed by atoms with Crippen molar-refractivity contribution < 1.29 is 13.3 Å². The lowest BCUT2D eigenvalue weighted by atomic mass is 10.1. The quantitative estimate of drug-likeness (QED) is 0.448. The molecule has 3 rings (SSSR count). The maximum absolute atomic E-state index is 12.8. The van der Waals surface area contributed by atoms with Gasteiger partial charge in [-0.25, -0.2) is 12.7 Å². The maximum Gasteiger partial charge on any atom is 0.270 e. The van der Waals surface area contributed by atoms with Crippen molar-refractivity contribution in [2.45, 2.75) is 24.7 Å². The minimum atomic E-state index is -3.81. The van der Waals surface area contributed by atoms with Gasteiger partial charge < -0.3 is 0 Å². The fourth-order valence-corrected chi connectivity index (χ4v) is 4.46. The van der Waals surface area contributed by atoms with Gasteiger partial charge in [0, 0.05) is 37.0 Å². The van der Waals surface area contributed by atoms with E-state index in [2.05, 4.69) is 10.2 Å². The molecule has 0 fully saturated rings. The van der Waals surface area contributed by atoms with Crippen molar-refractivity contribution >= 4 is 15.7 Å². The molecule has 3 aromatic rings. The number of aromatic nitrogens is 2. The molecule has 1 N–H and O–H groups in total. The maximum atomic E-state index is 12.8. The largest absolute Gasteiger partial charge is 0.282 e. The first-order valence-electron chi connectivity index (χ1n) is 9.10. The van der Waals surface area contributed by atoms with Crippen LogP contribution in [0.5, 0.6) is 0 Å². The first-order chi connectivity index (χ1) is 13.8. The predicted octanol–water partition coefficient (Wildman–Crippen LogP) is 3.55. The van der Waals surface area contributed by atoms with Gasteiger partial charge in [-0.1, -0.05) is 36.4 Å². The van der Waals surface area contributed by atoms with Gasteiger partial charge in [0.05, 0.1) is 15.5 Å². The van der Waals surface area contributed by atoms with Crippen LogP contribution in [-0.2, 0) is 16.4 Å². The smallest absolute Gasteiger partial charge is 0.270 e. The number of nitrogens with one attached hydrogen (secondary N) is 1. The van der Waals surface area contributed by atoms with E-state index in [-0.39, 0.29) is 17.1 Å². The van der Waals surface area contributed by atoms with E-state index < -0.39 is 14.9 Å². The summed E-state index contributed by atoms with van der Waals surface area (Å²) in [6.07, 6.45) is 1.22. The van der Waals surface area contributed by atoms with Gasteiger partial charge in [-0.2, -0.15) is 5.10 Å². The van der Waals surface area contributed by atoms with Crippen LogP contribution in [0.2, 0.25) is 0 Å². The van der Waals surface area contributed by atoms with Crippen LogP contribution in [0.25, 0.3) is 11.3 Å². The van der Waals surface area contributed by atoms with Crippen LogP contribution in [0.15, 0.2) is 59.5 Å². The van der Waals surface area contributed by atoms with E-state index in [1.807, 2.05) is 36.4 Å². The molecule has 0 spiro atoms. The summed E-state index contributed by atoms with van der Waals surface area (Å²) in [4.78, 5) is 10.3. The minimum Gasteiger partial charge on any atom is -0.282 e. The van der Waals surface area contributed by atoms with Crippen molar-refractivity contribution in [2.24, 2.45) is 0 Å². The first-order valence-corrected chi connectivity index (χ1v) is 10.5. The molecule has 29 heavy (non-hydrogen) atoms. The summed E-state index contributed by atoms with van der Waals surface area (Å²) in [5, 5.41) is 18.3. The summed E-state index contributed by atoms with van der Waals surface area (Å²) in [6.45, 7) is 1.91. The van der Waals surface area contributed by atoms with Crippen LogP contribution < -0.4 is 0 Å². The number of nitro groups is 1. The monoisotopic (exact) mass is 414 g/mol. The number of nitrogens with zero attached hydrogens (tertiary/aromatic N) is 3. The number of benzene rings is 2. The second-order valence-electron chi connectivity index (χ2n) is 6.78. The highest BCUT2D eigenvalue weighted by Crippen LogP contribution is 2.24. The number of nitro benzene ring substituents is 1. The lowest BCUT2D eigenvalue weighted by Crippen LogP contribution is -2.29. The molecule has 9 heteroatoms. The number of aryl methyl sites for hydroxylation is 2. The number of aromatic amines is 1. The van der Waals surface area contributed by atoms with E-state index in [4.69, 9.17) is 0 Å². The Morgan fingerprint density at radius 2 is 1.86 bits per heavy atom. The Hall–Kier alpha value is -3.04. The number of hydrogen-bond donors (Lipinski definition) is 1. The summed E-state index contributed by atoms with van der Waals surface area (Å²) < 4.78 is 26.9. The molecule has 0 atom stereocenters. The SMILES string of the molecule is Cc1ccc([N+](=O)[O-])cc1S(=O)(=O)N(C)CCCc1cc(-c2ccccc2)n[nH]1. The molecule has 0 unspecified atom stereocenters. The Labute approximate surface area is 169 Å². The zero-order valence-electron chi connectivity index (χ0n) is 16.2. The molecule has 152 valence electrons. The van der Waals surface area contributed by atoms with Gasteiger partial charge in [-0.15, -0.1) is 0 Å². The van der Waals surface area contributed by atoms with Crippen LogP contribution in [0, 0.1) is 17.0 Å². The van der Waals surface area contributed by atoms with E-state index in [1.165, 1.54) is 23.5 Å². The van der Waals surface area contributed by atoms with Crippen LogP contribution in [0.3, 0.4) is 0 Å². The third-order valence-corrected chi connectivity index (χ3v) is 6.69. The van der Waals surface area contributed by atoms with Gasteiger partial charge in [-0.3, -0.25) is 15.2 Å². The fourth-order valence-electron chi connectivity index (χ4n) is 3.01. The van der Waals surface area contributed by atoms with Gasteiger partial charge >= 0.3 is 0 Å². The standard InChI is InChI=1S/C20H22N4O4S/c1-15-10-11-18(24(25)26)14-20(15)29(27,28)23(2)12-6-9-17-13-19(22-21-17)16-7-4-3-5-8-16/h3-5,7-8,10-11,13-14H,6,9,12H2,1-2H3,(H,21,22). The number of non-ortho nitro benzene ring substituents is 1. The Morgan fingerprint density at radius 1 is 1.14 bits per heavy atom. The molecule has 0 aliphatic heterocycles. The average molecular weight is 414 g/mol. The normalized spacial score (nSPS) is 11.7. The van der Waals surface area contributed by atoms with Gasteiger partial charge in [0.1, 0.15) is 0 Å². The summed E-state index contributed by atoms with van der Waals surface area (Å²) in [5.74, 6) is 0. The lowest BCUT2D eigenvalue weighted by molar-refractivity contribution is -0.385. The fraction of sp³-hybridized carbons (Fsp3) is 0.250. The van der Waals surface area contributed by atoms with Crippen molar-refractivity contribution in [1.82, 2.24) is 14.5 Å². The zero-order valence-corrected chi connectivity index (χ0v) is 17.0. The van der Waals surface area contributed by atoms with Crippen molar-refractivity contribution in [3.8, 4) is 11.3 Å². The molecular formula is C20H22N4O4S. The third-order valence-electron chi connectivity index (χ3n) is 4.69. The Morgan fingerprint density at radius 3 is 2.55 bits per heavy atom. The zero-order chi connectivity index (χ0) is 21.0. The number of hydrogen-bond acceptors (Lipinski definition) is 5. The molecule has 0 saturated heterocycles. The van der Waals surface area contributed by atoms with Gasteiger partial charge in [-0.05, 0) is 31.4 Å². The first kappa shape index (κ1) is 20.7. The molecule has 1 aromatic heterocycles. The molecular weight excluding hydrogens is 392 g/mol. The highest BCUT2D eigenvalue weighted by atomic mass is 32.2. The van der Waals surface area contributed by atoms with Gasteiger partial charge in [0.25, 0.3) is 5.69 Å². The second kappa shape index (κ2) is 8.54. The van der Waals surface area contributed by atoms with Crippen molar-refractivity contribution in [3.05, 3.63) is 76.0 Å². The van der Waals surface area contributed by atoms with E-state index in [9.17, 15) is 18.5 Å². The molecule has 1 heterocycles. The second-order valence-corrected chi connectivity index (χ2v) is 8.79. The van der Waals surface area contributed by atoms with Gasteiger partial charge in [0.2, 0.25) is 10.0 Å². The van der Waals surface area contributed by atoms with Crippen LogP contribution >= 0.6 is 0 Å². The third kappa shape index (κ3) is 4.69. The van der Waals surface area contributed by atoms with Crippen molar-refractivity contribution in [2.75, 3.05) is 13.6 Å². The highest BCUT2D eigenvalue weighted by Gasteiger charge is 2.25. The van der Waals surface area contributed by atoms with Gasteiger partial charge in [0.15, 0.2) is 0 Å². The summed E-state index contributed by atoms with van der Waals surface area (Å²) in [6, 6.07) is 15.6. The Kier molecular flexibility index (Phi) is 6.09. The average Bonchev–Trinajstić information content (AvgIpc) is 3.17. The van der Waals surface area contributed by atoms with Crippen LogP contribution in [0.1, 0.15) is 17.7 Å². The molecule has 0 bridgehead atoms. The molecule has 0 aliphatic rings. The number of rotatable bonds is 8. The topological polar surface area (TPSA) is 109 Å². The van der Waals surface area contributed by atoms with E-state index in [1.54, 1.807) is 6.92 Å². The van der Waals surface area contributed by atoms with Crippen molar-refractivity contribution in [1.29, 1.82) is 0 Å². The van der Waals surface area contributed by atoms with E-state index in [0.29, 0.717) is 18.4 Å². The number of H-pyrrole nitrogens is 1. The van der Waals surface area contributed by atoms with Crippen LogP contribution in [-0.4, -0.2) is 41.4 Å². The van der Waals surface area contributed by atoms with Crippen LogP contribution in [0.4, 0.5) is 5.69 Å². The molecule has 0 saturated carbocycles. The van der Waals surface area contributed by atoms with E-state index >= 15 is 0 Å². The molecule has 8 nitrogen and oxygen atoms in total. The Balaban J connectivity index is 1.65. The number of sulfonamides is 1. The molecule has 0 radical (unpaired) electrons.